The molecule has 0 amide bonds. The maximum absolute atomic E-state index is 11.6. The van der Waals surface area contributed by atoms with E-state index < -0.39 is 19.4 Å². The smallest absolute Gasteiger partial charge is 0.449 e. The molecule has 1 N–H and O–H groups in total. The van der Waals surface area contributed by atoms with Crippen LogP contribution in [0.3, 0.4) is 0 Å². The maximum Gasteiger partial charge on any atom is 1.00 e. The molecule has 0 atom stereocenters. The fraction of sp³-hybridized carbons (Fsp3) is 1.00. The van der Waals surface area contributed by atoms with Gasteiger partial charge in [-0.05, 0) is 12.8 Å². The molecule has 1 aliphatic carbocycles. The van der Waals surface area contributed by atoms with E-state index in [1.54, 1.807) is 0 Å². The third-order valence-corrected chi connectivity index (χ3v) is 1.81. The van der Waals surface area contributed by atoms with Crippen molar-refractivity contribution in [1.82, 2.24) is 0 Å². The molecule has 1 fully saturated rings. The normalized spacial score (nSPS) is 30.5. The summed E-state index contributed by atoms with van der Waals surface area (Å²) < 4.78 is 34.9. The van der Waals surface area contributed by atoms with Crippen molar-refractivity contribution in [2.45, 2.75) is 25.3 Å². The maximum atomic E-state index is 11.6. The summed E-state index contributed by atoms with van der Waals surface area (Å²) in [6.07, 6.45) is -0.470. The molecule has 0 bridgehead atoms. The van der Waals surface area contributed by atoms with Gasteiger partial charge in [0.05, 0.1) is 6.10 Å². The second-order valence-electron chi connectivity index (χ2n) is 2.94. The van der Waals surface area contributed by atoms with Crippen LogP contribution in [0.15, 0.2) is 0 Å². The summed E-state index contributed by atoms with van der Waals surface area (Å²) in [4.78, 5) is 0. The molecule has 1 rings (SSSR count). The van der Waals surface area contributed by atoms with E-state index >= 15 is 0 Å². The molecular weight excluding hydrogens is 183 g/mol. The fourth-order valence-electron chi connectivity index (χ4n) is 1.27. The first kappa shape index (κ1) is 12.5. The van der Waals surface area contributed by atoms with Gasteiger partial charge in [-0.2, -0.15) is 0 Å². The summed E-state index contributed by atoms with van der Waals surface area (Å²) >= 11 is 0. The zero-order valence-electron chi connectivity index (χ0n) is 6.43. The molecule has 0 aliphatic heterocycles. The van der Waals surface area contributed by atoms with Crippen molar-refractivity contribution in [3.63, 3.8) is 0 Å². The van der Waals surface area contributed by atoms with Crippen molar-refractivity contribution in [3.8, 4) is 0 Å². The molecule has 6 heteroatoms. The van der Waals surface area contributed by atoms with E-state index in [2.05, 4.69) is 0 Å². The van der Waals surface area contributed by atoms with Crippen molar-refractivity contribution in [3.05, 3.63) is 0 Å². The average molecular weight is 192 g/mol. The predicted molar refractivity (Wildman–Crippen MR) is 32.6 cm³/mol. The molecule has 0 aromatic rings. The molecule has 1 saturated carbocycles. The minimum Gasteiger partial charge on any atom is -0.449 e. The Balaban J connectivity index is 0.000001000. The van der Waals surface area contributed by atoms with E-state index in [-0.39, 0.29) is 57.3 Å². The molecule has 0 aromatic heterocycles. The summed E-state index contributed by atoms with van der Waals surface area (Å²) in [6, 6.07) is 0. The Morgan fingerprint density at radius 2 is 1.73 bits per heavy atom. The quantitative estimate of drug-likeness (QED) is 0.534. The number of halogens is 3. The predicted octanol–water partition coefficient (Wildman–Crippen LogP) is -1.39. The summed E-state index contributed by atoms with van der Waals surface area (Å²) in [7, 11) is 0. The number of rotatable bonds is 2. The van der Waals surface area contributed by atoms with Gasteiger partial charge < -0.3 is 18.1 Å². The van der Waals surface area contributed by atoms with E-state index in [9.17, 15) is 12.9 Å². The number of aliphatic hydroxyl groups is 1. The summed E-state index contributed by atoms with van der Waals surface area (Å²) in [6.45, 7) is -4.63. The third kappa shape index (κ3) is 4.90. The number of aliphatic hydroxyl groups excluding tert-OH is 1. The number of hydrogen-bond acceptors (Lipinski definition) is 1. The van der Waals surface area contributed by atoms with Crippen molar-refractivity contribution >= 4 is 6.98 Å². The van der Waals surface area contributed by atoms with Gasteiger partial charge in [-0.15, -0.1) is 0 Å². The van der Waals surface area contributed by atoms with Crippen molar-refractivity contribution in [2.75, 3.05) is 0 Å². The second-order valence-corrected chi connectivity index (χ2v) is 2.94. The van der Waals surface area contributed by atoms with Crippen LogP contribution in [0.25, 0.3) is 0 Å². The fourth-order valence-corrected chi connectivity index (χ4v) is 1.27. The van der Waals surface area contributed by atoms with Gasteiger partial charge in [0.15, 0.2) is 0 Å². The van der Waals surface area contributed by atoms with E-state index in [1.165, 1.54) is 0 Å². The topological polar surface area (TPSA) is 20.2 Å². The van der Waals surface area contributed by atoms with Crippen molar-refractivity contribution < 1.29 is 69.4 Å². The molecule has 11 heavy (non-hydrogen) atoms. The Hall–Kier alpha value is 1.45. The summed E-state index contributed by atoms with van der Waals surface area (Å²) in [5.41, 5.74) is 0. The molecule has 0 saturated heterocycles. The SMILES string of the molecule is OC1CC(C[B-](F)(F)F)C1.[K+]. The Morgan fingerprint density at radius 3 is 2.00 bits per heavy atom. The molecule has 0 spiro atoms. The minimum absolute atomic E-state index is 0. The molecule has 1 aliphatic rings. The minimum atomic E-state index is -4.63. The number of hydrogen-bond donors (Lipinski definition) is 1. The second kappa shape index (κ2) is 4.62. The van der Waals surface area contributed by atoms with Gasteiger partial charge in [0.2, 0.25) is 0 Å². The zero-order valence-corrected chi connectivity index (χ0v) is 9.56. The van der Waals surface area contributed by atoms with E-state index in [4.69, 9.17) is 5.11 Å². The van der Waals surface area contributed by atoms with Crippen LogP contribution in [0.2, 0.25) is 6.32 Å². The van der Waals surface area contributed by atoms with Crippen LogP contribution in [-0.2, 0) is 0 Å². The van der Waals surface area contributed by atoms with Gasteiger partial charge in [-0.25, -0.2) is 0 Å². The largest absolute Gasteiger partial charge is 1.00 e. The summed E-state index contributed by atoms with van der Waals surface area (Å²) in [5, 5.41) is 8.65. The van der Waals surface area contributed by atoms with Crippen LogP contribution in [-0.4, -0.2) is 18.2 Å². The molecule has 0 radical (unpaired) electrons. The van der Waals surface area contributed by atoms with Gasteiger partial charge in [0, 0.05) is 0 Å². The summed E-state index contributed by atoms with van der Waals surface area (Å²) in [5.74, 6) is -0.296. The van der Waals surface area contributed by atoms with Crippen LogP contribution < -0.4 is 51.4 Å². The van der Waals surface area contributed by atoms with E-state index in [1.807, 2.05) is 0 Å². The molecule has 0 heterocycles. The van der Waals surface area contributed by atoms with E-state index in [0.29, 0.717) is 12.8 Å². The first-order valence-electron chi connectivity index (χ1n) is 3.36. The monoisotopic (exact) mass is 192 g/mol. The van der Waals surface area contributed by atoms with Gasteiger partial charge in [0.1, 0.15) is 0 Å². The molecule has 0 unspecified atom stereocenters. The van der Waals surface area contributed by atoms with Gasteiger partial charge >= 0.3 is 58.4 Å². The van der Waals surface area contributed by atoms with Crippen LogP contribution in [0.5, 0.6) is 0 Å². The Labute approximate surface area is 106 Å². The van der Waals surface area contributed by atoms with Crippen molar-refractivity contribution in [1.29, 1.82) is 0 Å². The van der Waals surface area contributed by atoms with Gasteiger partial charge in [-0.1, -0.05) is 12.2 Å². The average Bonchev–Trinajstić information content (AvgIpc) is 1.57. The Morgan fingerprint density at radius 1 is 1.27 bits per heavy atom. The third-order valence-electron chi connectivity index (χ3n) is 1.81. The zero-order chi connectivity index (χ0) is 7.78. The molecule has 60 valence electrons. The first-order chi connectivity index (χ1) is 4.47. The van der Waals surface area contributed by atoms with Crippen LogP contribution in [0.4, 0.5) is 12.9 Å². The Bertz CT molecular complexity index is 123. The molecular formula is C5H9BF3KO. The van der Waals surface area contributed by atoms with Crippen molar-refractivity contribution in [2.24, 2.45) is 5.92 Å². The van der Waals surface area contributed by atoms with Gasteiger partial charge in [-0.3, -0.25) is 0 Å². The van der Waals surface area contributed by atoms with Crippen LogP contribution in [0.1, 0.15) is 12.8 Å². The van der Waals surface area contributed by atoms with E-state index in [0.717, 1.165) is 0 Å². The first-order valence-corrected chi connectivity index (χ1v) is 3.36. The van der Waals surface area contributed by atoms with Crippen LogP contribution >= 0.6 is 0 Å². The van der Waals surface area contributed by atoms with Gasteiger partial charge in [0.25, 0.3) is 0 Å². The Kier molecular flexibility index (Phi) is 5.23. The van der Waals surface area contributed by atoms with Crippen LogP contribution in [0, 0.1) is 5.92 Å². The molecule has 0 aromatic carbocycles. The standard InChI is InChI=1S/C5H9BF3O.K/c7-6(8,9)3-4-1-5(10)2-4;/h4-5,10H,1-3H2;/q-1;+1. The molecule has 1 nitrogen and oxygen atoms in total.